The highest BCUT2D eigenvalue weighted by molar-refractivity contribution is 7.25. The third-order valence-corrected chi connectivity index (χ3v) is 13.0. The Kier molecular flexibility index (Phi) is 7.14. The molecule has 2 heteroatoms. The second-order valence-corrected chi connectivity index (χ2v) is 16.4. The molecule has 0 fully saturated rings. The Morgan fingerprint density at radius 3 is 1.95 bits per heavy atom. The molecule has 0 atom stereocenters. The van der Waals surface area contributed by atoms with Crippen LogP contribution in [0.2, 0.25) is 0 Å². The fourth-order valence-electron chi connectivity index (χ4n) is 9.08. The quantitative estimate of drug-likeness (QED) is 0.171. The Morgan fingerprint density at radius 2 is 1.05 bits per heavy atom. The summed E-state index contributed by atoms with van der Waals surface area (Å²) >= 11 is 1.88. The predicted molar refractivity (Wildman–Crippen MR) is 237 cm³/mol. The lowest BCUT2D eigenvalue weighted by molar-refractivity contribution is 0.660. The fourth-order valence-corrected chi connectivity index (χ4v) is 10.2. The molecule has 0 spiro atoms. The molecule has 0 bridgehead atoms. The average Bonchev–Trinajstić information content (AvgIpc) is 3.71. The van der Waals surface area contributed by atoms with Gasteiger partial charge < -0.3 is 4.90 Å². The van der Waals surface area contributed by atoms with Crippen LogP contribution in [0, 0.1) is 0 Å². The summed E-state index contributed by atoms with van der Waals surface area (Å²) in [6.45, 7) is 4.70. The van der Waals surface area contributed by atoms with E-state index in [2.05, 4.69) is 207 Å². The minimum Gasteiger partial charge on any atom is -0.310 e. The maximum absolute atomic E-state index is 2.45. The van der Waals surface area contributed by atoms with Crippen molar-refractivity contribution in [1.82, 2.24) is 0 Å². The summed E-state index contributed by atoms with van der Waals surface area (Å²) in [5.41, 5.74) is 13.6. The molecule has 1 nitrogen and oxygen atoms in total. The van der Waals surface area contributed by atoms with E-state index >= 15 is 0 Å². The number of benzene rings is 9. The number of anilines is 3. The first kappa shape index (κ1) is 32.0. The summed E-state index contributed by atoms with van der Waals surface area (Å²) in [6, 6.07) is 69.7. The molecule has 1 aliphatic rings. The van der Waals surface area contributed by atoms with Crippen LogP contribution >= 0.6 is 11.3 Å². The van der Waals surface area contributed by atoms with E-state index in [0.717, 1.165) is 17.1 Å². The lowest BCUT2D eigenvalue weighted by atomic mass is 9.82. The zero-order chi connectivity index (χ0) is 36.7. The molecule has 0 saturated carbocycles. The van der Waals surface area contributed by atoms with Crippen molar-refractivity contribution in [3.63, 3.8) is 0 Å². The molecule has 1 aromatic heterocycles. The minimum atomic E-state index is -0.0552. The number of hydrogen-bond acceptors (Lipinski definition) is 2. The van der Waals surface area contributed by atoms with Crippen molar-refractivity contribution in [3.8, 4) is 33.4 Å². The highest BCUT2D eigenvalue weighted by Crippen LogP contribution is 2.51. The van der Waals surface area contributed by atoms with E-state index in [0.29, 0.717) is 0 Å². The third kappa shape index (κ3) is 5.06. The number of hydrogen-bond donors (Lipinski definition) is 0. The van der Waals surface area contributed by atoms with E-state index in [1.165, 1.54) is 86.2 Å². The van der Waals surface area contributed by atoms with Gasteiger partial charge in [0.25, 0.3) is 0 Å². The minimum absolute atomic E-state index is 0.0552. The molecule has 1 aliphatic carbocycles. The van der Waals surface area contributed by atoms with E-state index < -0.39 is 0 Å². The molecule has 10 aromatic rings. The van der Waals surface area contributed by atoms with Crippen LogP contribution in [0.15, 0.2) is 188 Å². The van der Waals surface area contributed by atoms with Crippen LogP contribution in [0.1, 0.15) is 25.0 Å². The lowest BCUT2D eigenvalue weighted by Gasteiger charge is -2.29. The lowest BCUT2D eigenvalue weighted by Crippen LogP contribution is -2.15. The van der Waals surface area contributed by atoms with Crippen LogP contribution in [-0.2, 0) is 5.41 Å². The van der Waals surface area contributed by atoms with Crippen LogP contribution in [0.5, 0.6) is 0 Å². The molecule has 0 aliphatic heterocycles. The van der Waals surface area contributed by atoms with Crippen LogP contribution in [0.25, 0.3) is 75.1 Å². The number of para-hydroxylation sites is 1. The summed E-state index contributed by atoms with van der Waals surface area (Å²) in [7, 11) is 0. The van der Waals surface area contributed by atoms with E-state index in [4.69, 9.17) is 0 Å². The summed E-state index contributed by atoms with van der Waals surface area (Å²) in [5.74, 6) is 0. The van der Waals surface area contributed by atoms with Gasteiger partial charge in [0.2, 0.25) is 0 Å². The number of nitrogens with zero attached hydrogens (tertiary/aromatic N) is 1. The SMILES string of the molecule is CC1(C)c2ccccc2-c2cc(N(c3ccc(-c4ccc5cc6c(cc5c4)sc4ccccc46)cc3)c3ccccc3-c3cccc4ccccc34)ccc21. The van der Waals surface area contributed by atoms with Crippen molar-refractivity contribution >= 4 is 70.1 Å². The zero-order valence-electron chi connectivity index (χ0n) is 30.8. The molecule has 0 saturated heterocycles. The molecular weight excluding hydrogens is 683 g/mol. The summed E-state index contributed by atoms with van der Waals surface area (Å²) < 4.78 is 2.67. The average molecular weight is 720 g/mol. The molecule has 1 heterocycles. The fraction of sp³-hybridized carbons (Fsp3) is 0.0566. The topological polar surface area (TPSA) is 3.24 Å². The summed E-state index contributed by atoms with van der Waals surface area (Å²) in [6.07, 6.45) is 0. The second kappa shape index (κ2) is 12.3. The zero-order valence-corrected chi connectivity index (χ0v) is 31.6. The van der Waals surface area contributed by atoms with Gasteiger partial charge in [-0.2, -0.15) is 0 Å². The first-order valence-electron chi connectivity index (χ1n) is 19.1. The van der Waals surface area contributed by atoms with Crippen molar-refractivity contribution < 1.29 is 0 Å². The first-order valence-corrected chi connectivity index (χ1v) is 19.9. The van der Waals surface area contributed by atoms with Gasteiger partial charge in [-0.15, -0.1) is 11.3 Å². The highest BCUT2D eigenvalue weighted by atomic mass is 32.1. The largest absolute Gasteiger partial charge is 0.310 e. The van der Waals surface area contributed by atoms with Gasteiger partial charge in [0.15, 0.2) is 0 Å². The maximum atomic E-state index is 2.45. The monoisotopic (exact) mass is 719 g/mol. The van der Waals surface area contributed by atoms with Gasteiger partial charge in [-0.3, -0.25) is 0 Å². The molecule has 0 unspecified atom stereocenters. The first-order chi connectivity index (χ1) is 27.0. The molecule has 0 radical (unpaired) electrons. The van der Waals surface area contributed by atoms with Gasteiger partial charge in [-0.25, -0.2) is 0 Å². The standard InChI is InChI=1S/C53H37NS/c1-53(2)48-19-8-5-15-43(48)46-33-40(28-29-49(46)53)54(50-20-9-6-16-44(50)42-18-11-13-35-12-3-4-14-41(35)42)39-26-24-34(25-27-39)36-22-23-37-31-47-45-17-7-10-21-51(45)55-52(47)32-38(37)30-36/h3-33H,1-2H3. The summed E-state index contributed by atoms with van der Waals surface area (Å²) in [4.78, 5) is 2.45. The normalized spacial score (nSPS) is 13.1. The van der Waals surface area contributed by atoms with Crippen LogP contribution < -0.4 is 4.90 Å². The number of thiophene rings is 1. The van der Waals surface area contributed by atoms with E-state index in [1.807, 2.05) is 11.3 Å². The van der Waals surface area contributed by atoms with Gasteiger partial charge in [-0.05, 0) is 115 Å². The molecular formula is C53H37NS. The number of rotatable bonds is 5. The molecule has 260 valence electrons. The Hall–Kier alpha value is -6.48. The van der Waals surface area contributed by atoms with Crippen molar-refractivity contribution in [1.29, 1.82) is 0 Å². The highest BCUT2D eigenvalue weighted by Gasteiger charge is 2.35. The van der Waals surface area contributed by atoms with Gasteiger partial charge >= 0.3 is 0 Å². The smallest absolute Gasteiger partial charge is 0.0540 e. The maximum Gasteiger partial charge on any atom is 0.0540 e. The van der Waals surface area contributed by atoms with Crippen molar-refractivity contribution in [2.45, 2.75) is 19.3 Å². The molecule has 55 heavy (non-hydrogen) atoms. The van der Waals surface area contributed by atoms with Crippen molar-refractivity contribution in [3.05, 3.63) is 199 Å². The van der Waals surface area contributed by atoms with E-state index in [9.17, 15) is 0 Å². The van der Waals surface area contributed by atoms with Gasteiger partial charge in [0, 0.05) is 42.5 Å². The van der Waals surface area contributed by atoms with Gasteiger partial charge in [0.05, 0.1) is 5.69 Å². The van der Waals surface area contributed by atoms with E-state index in [1.54, 1.807) is 0 Å². The van der Waals surface area contributed by atoms with Crippen molar-refractivity contribution in [2.75, 3.05) is 4.90 Å². The molecule has 0 N–H and O–H groups in total. The third-order valence-electron chi connectivity index (χ3n) is 11.8. The molecule has 0 amide bonds. The van der Waals surface area contributed by atoms with Gasteiger partial charge in [-0.1, -0.05) is 147 Å². The predicted octanol–water partition coefficient (Wildman–Crippen LogP) is 15.5. The van der Waals surface area contributed by atoms with Gasteiger partial charge in [0.1, 0.15) is 0 Å². The Labute approximate surface area is 325 Å². The van der Waals surface area contributed by atoms with Crippen molar-refractivity contribution in [2.24, 2.45) is 0 Å². The molecule has 9 aromatic carbocycles. The number of fused-ring (bicyclic) bond motifs is 8. The second-order valence-electron chi connectivity index (χ2n) is 15.3. The van der Waals surface area contributed by atoms with Crippen LogP contribution in [-0.4, -0.2) is 0 Å². The van der Waals surface area contributed by atoms with E-state index in [-0.39, 0.29) is 5.41 Å². The summed E-state index contributed by atoms with van der Waals surface area (Å²) in [5, 5.41) is 7.72. The van der Waals surface area contributed by atoms with Crippen LogP contribution in [0.4, 0.5) is 17.1 Å². The Balaban J connectivity index is 1.06. The van der Waals surface area contributed by atoms with Crippen LogP contribution in [0.3, 0.4) is 0 Å². The Bertz CT molecular complexity index is 3120. The molecule has 11 rings (SSSR count). The Morgan fingerprint density at radius 1 is 0.382 bits per heavy atom.